The molecule has 1 atom stereocenters. The summed E-state index contributed by atoms with van der Waals surface area (Å²) in [5.41, 5.74) is 0. The van der Waals surface area contributed by atoms with E-state index < -0.39 is 0 Å². The molecule has 0 aromatic rings. The average molecular weight is 165 g/mol. The summed E-state index contributed by atoms with van der Waals surface area (Å²) in [6.07, 6.45) is 13.1. The second-order valence-corrected chi connectivity index (χ2v) is 3.78. The van der Waals surface area contributed by atoms with Crippen LogP contribution < -0.4 is 5.32 Å². The molecule has 1 saturated carbocycles. The molecule has 0 spiro atoms. The molecule has 0 radical (unpaired) electrons. The SMILES string of the molecule is C#CCC(CC1CCCC1)NC. The van der Waals surface area contributed by atoms with E-state index in [4.69, 9.17) is 6.42 Å². The van der Waals surface area contributed by atoms with E-state index >= 15 is 0 Å². The van der Waals surface area contributed by atoms with Gasteiger partial charge >= 0.3 is 0 Å². The normalized spacial score (nSPS) is 20.7. The van der Waals surface area contributed by atoms with Crippen LogP contribution in [0.3, 0.4) is 0 Å². The Labute approximate surface area is 75.9 Å². The van der Waals surface area contributed by atoms with Gasteiger partial charge in [0.15, 0.2) is 0 Å². The molecule has 1 aliphatic rings. The number of rotatable bonds is 4. The Balaban J connectivity index is 2.21. The van der Waals surface area contributed by atoms with E-state index in [2.05, 4.69) is 11.2 Å². The van der Waals surface area contributed by atoms with Gasteiger partial charge in [0.1, 0.15) is 0 Å². The van der Waals surface area contributed by atoms with Crippen molar-refractivity contribution in [3.05, 3.63) is 0 Å². The summed E-state index contributed by atoms with van der Waals surface area (Å²) in [5, 5.41) is 3.29. The van der Waals surface area contributed by atoms with E-state index in [1.165, 1.54) is 32.1 Å². The first kappa shape index (κ1) is 9.61. The Morgan fingerprint density at radius 2 is 2.17 bits per heavy atom. The molecule has 0 heterocycles. The summed E-state index contributed by atoms with van der Waals surface area (Å²) in [5.74, 6) is 3.67. The first-order valence-electron chi connectivity index (χ1n) is 4.97. The molecule has 68 valence electrons. The standard InChI is InChI=1S/C11H19N/c1-3-6-11(12-2)9-10-7-4-5-8-10/h1,10-12H,4-9H2,2H3. The molecule has 0 bridgehead atoms. The van der Waals surface area contributed by atoms with Crippen molar-refractivity contribution in [2.24, 2.45) is 5.92 Å². The van der Waals surface area contributed by atoms with Crippen molar-refractivity contribution in [1.82, 2.24) is 5.32 Å². The minimum absolute atomic E-state index is 0.554. The van der Waals surface area contributed by atoms with Crippen LogP contribution in [0.25, 0.3) is 0 Å². The average Bonchev–Trinajstić information content (AvgIpc) is 2.56. The molecule has 0 aliphatic heterocycles. The van der Waals surface area contributed by atoms with Crippen molar-refractivity contribution in [1.29, 1.82) is 0 Å². The maximum atomic E-state index is 5.29. The first-order valence-corrected chi connectivity index (χ1v) is 4.97. The Bertz CT molecular complexity index is 151. The molecule has 1 N–H and O–H groups in total. The zero-order valence-electron chi connectivity index (χ0n) is 7.97. The molecule has 12 heavy (non-hydrogen) atoms. The highest BCUT2D eigenvalue weighted by atomic mass is 14.9. The third-order valence-electron chi connectivity index (χ3n) is 2.87. The summed E-state index contributed by atoms with van der Waals surface area (Å²) < 4.78 is 0. The maximum Gasteiger partial charge on any atom is 0.0240 e. The van der Waals surface area contributed by atoms with E-state index in [-0.39, 0.29) is 0 Å². The van der Waals surface area contributed by atoms with Crippen LogP contribution in [0, 0.1) is 18.3 Å². The smallest absolute Gasteiger partial charge is 0.0240 e. The van der Waals surface area contributed by atoms with Gasteiger partial charge in [-0.1, -0.05) is 25.7 Å². The van der Waals surface area contributed by atoms with Crippen LogP contribution in [-0.2, 0) is 0 Å². The minimum Gasteiger partial charge on any atom is -0.316 e. The highest BCUT2D eigenvalue weighted by molar-refractivity contribution is 4.90. The summed E-state index contributed by atoms with van der Waals surface area (Å²) in [6, 6.07) is 0.554. The molecule has 0 saturated heterocycles. The van der Waals surface area contributed by atoms with Crippen LogP contribution in [-0.4, -0.2) is 13.1 Å². The lowest BCUT2D eigenvalue weighted by atomic mass is 9.97. The van der Waals surface area contributed by atoms with Gasteiger partial charge in [0.25, 0.3) is 0 Å². The number of hydrogen-bond donors (Lipinski definition) is 1. The second kappa shape index (κ2) is 5.22. The van der Waals surface area contributed by atoms with Gasteiger partial charge < -0.3 is 5.32 Å². The predicted octanol–water partition coefficient (Wildman–Crippen LogP) is 2.18. The first-order chi connectivity index (χ1) is 5.86. The molecule has 1 aliphatic carbocycles. The lowest BCUT2D eigenvalue weighted by Crippen LogP contribution is -2.26. The van der Waals surface area contributed by atoms with Crippen molar-refractivity contribution >= 4 is 0 Å². The van der Waals surface area contributed by atoms with Gasteiger partial charge in [-0.2, -0.15) is 0 Å². The molecule has 0 aromatic heterocycles. The molecular formula is C11H19N. The van der Waals surface area contributed by atoms with Crippen LogP contribution in [0.15, 0.2) is 0 Å². The molecule has 0 amide bonds. The van der Waals surface area contributed by atoms with Gasteiger partial charge in [-0.05, 0) is 19.4 Å². The zero-order valence-corrected chi connectivity index (χ0v) is 7.97. The van der Waals surface area contributed by atoms with Crippen molar-refractivity contribution in [3.8, 4) is 12.3 Å². The minimum atomic E-state index is 0.554. The van der Waals surface area contributed by atoms with Crippen LogP contribution in [0.4, 0.5) is 0 Å². The van der Waals surface area contributed by atoms with Gasteiger partial charge in [-0.25, -0.2) is 0 Å². The summed E-state index contributed by atoms with van der Waals surface area (Å²) in [7, 11) is 2.01. The Morgan fingerprint density at radius 1 is 1.50 bits per heavy atom. The molecular weight excluding hydrogens is 146 g/mol. The van der Waals surface area contributed by atoms with Crippen LogP contribution in [0.1, 0.15) is 38.5 Å². The van der Waals surface area contributed by atoms with Gasteiger partial charge in [0.2, 0.25) is 0 Å². The van der Waals surface area contributed by atoms with E-state index in [0.717, 1.165) is 12.3 Å². The fourth-order valence-electron chi connectivity index (χ4n) is 2.09. The topological polar surface area (TPSA) is 12.0 Å². The Morgan fingerprint density at radius 3 is 2.67 bits per heavy atom. The third kappa shape index (κ3) is 2.87. The van der Waals surface area contributed by atoms with Crippen molar-refractivity contribution < 1.29 is 0 Å². The van der Waals surface area contributed by atoms with Crippen molar-refractivity contribution in [3.63, 3.8) is 0 Å². The molecule has 1 heteroatoms. The predicted molar refractivity (Wildman–Crippen MR) is 52.9 cm³/mol. The van der Waals surface area contributed by atoms with E-state index in [9.17, 15) is 0 Å². The number of hydrogen-bond acceptors (Lipinski definition) is 1. The molecule has 1 unspecified atom stereocenters. The molecule has 1 fully saturated rings. The lowest BCUT2D eigenvalue weighted by molar-refractivity contribution is 0.409. The van der Waals surface area contributed by atoms with Crippen LogP contribution in [0.5, 0.6) is 0 Å². The maximum absolute atomic E-state index is 5.29. The second-order valence-electron chi connectivity index (χ2n) is 3.78. The lowest BCUT2D eigenvalue weighted by Gasteiger charge is -2.17. The highest BCUT2D eigenvalue weighted by Gasteiger charge is 2.18. The fourth-order valence-corrected chi connectivity index (χ4v) is 2.09. The van der Waals surface area contributed by atoms with Gasteiger partial charge in [-0.3, -0.25) is 0 Å². The van der Waals surface area contributed by atoms with Gasteiger partial charge in [0.05, 0.1) is 0 Å². The van der Waals surface area contributed by atoms with E-state index in [1.807, 2.05) is 7.05 Å². The quantitative estimate of drug-likeness (QED) is 0.630. The van der Waals surface area contributed by atoms with Crippen molar-refractivity contribution in [2.75, 3.05) is 7.05 Å². The number of nitrogens with one attached hydrogen (secondary N) is 1. The molecule has 1 nitrogen and oxygen atoms in total. The monoisotopic (exact) mass is 165 g/mol. The summed E-state index contributed by atoms with van der Waals surface area (Å²) in [4.78, 5) is 0. The Hall–Kier alpha value is -0.480. The van der Waals surface area contributed by atoms with Crippen LogP contribution >= 0.6 is 0 Å². The van der Waals surface area contributed by atoms with Crippen LogP contribution in [0.2, 0.25) is 0 Å². The van der Waals surface area contributed by atoms with E-state index in [0.29, 0.717) is 6.04 Å². The number of terminal acetylenes is 1. The van der Waals surface area contributed by atoms with Gasteiger partial charge in [-0.15, -0.1) is 12.3 Å². The molecule has 1 rings (SSSR count). The van der Waals surface area contributed by atoms with Crippen molar-refractivity contribution in [2.45, 2.75) is 44.6 Å². The molecule has 0 aromatic carbocycles. The fraction of sp³-hybridized carbons (Fsp3) is 0.818. The summed E-state index contributed by atoms with van der Waals surface area (Å²) in [6.45, 7) is 0. The largest absolute Gasteiger partial charge is 0.316 e. The highest BCUT2D eigenvalue weighted by Crippen LogP contribution is 2.28. The Kier molecular flexibility index (Phi) is 4.18. The third-order valence-corrected chi connectivity index (χ3v) is 2.87. The van der Waals surface area contributed by atoms with E-state index in [1.54, 1.807) is 0 Å². The zero-order chi connectivity index (χ0) is 8.81. The van der Waals surface area contributed by atoms with Gasteiger partial charge in [0, 0.05) is 12.5 Å². The summed E-state index contributed by atoms with van der Waals surface area (Å²) >= 11 is 0.